The number of hydrogen-bond donors (Lipinski definition) is 1. The minimum Gasteiger partial charge on any atom is -0.464 e. The van der Waals surface area contributed by atoms with Crippen LogP contribution in [0.3, 0.4) is 0 Å². The average Bonchev–Trinajstić information content (AvgIpc) is 2.68. The van der Waals surface area contributed by atoms with Gasteiger partial charge in [0.15, 0.2) is 0 Å². The highest BCUT2D eigenvalue weighted by atomic mass is 79.9. The molecule has 0 aromatic heterocycles. The van der Waals surface area contributed by atoms with Crippen molar-refractivity contribution >= 4 is 32.7 Å². The number of esters is 1. The van der Waals surface area contributed by atoms with Crippen LogP contribution in [0.25, 0.3) is 10.8 Å². The standard InChI is InChI=1S/C21H16BrFO4/c1-26-20(24)21(25)11-17(16-10-13(23)7-9-18(16)22)15-8-6-12-4-2-3-5-14(12)19(15)27-21/h2-10,17,25H,11H2,1H3/t17-,21-/m0/s1. The third-order valence-corrected chi connectivity index (χ3v) is 5.60. The number of benzene rings is 3. The average molecular weight is 431 g/mol. The van der Waals surface area contributed by atoms with Gasteiger partial charge in [-0.2, -0.15) is 0 Å². The Kier molecular flexibility index (Phi) is 4.40. The molecule has 0 fully saturated rings. The molecule has 0 bridgehead atoms. The van der Waals surface area contributed by atoms with Crippen molar-refractivity contribution in [2.24, 2.45) is 0 Å². The van der Waals surface area contributed by atoms with Crippen molar-refractivity contribution in [3.05, 3.63) is 76.0 Å². The van der Waals surface area contributed by atoms with Crippen molar-refractivity contribution in [2.75, 3.05) is 7.11 Å². The van der Waals surface area contributed by atoms with Crippen LogP contribution in [0, 0.1) is 5.82 Å². The van der Waals surface area contributed by atoms with E-state index < -0.39 is 23.5 Å². The van der Waals surface area contributed by atoms with Gasteiger partial charge in [-0.25, -0.2) is 9.18 Å². The lowest BCUT2D eigenvalue weighted by molar-refractivity contribution is -0.202. The molecule has 0 saturated heterocycles. The SMILES string of the molecule is COC(=O)[C@]1(O)C[C@H](c2cc(F)ccc2Br)c2ccc3ccccc3c2O1. The van der Waals surface area contributed by atoms with E-state index in [4.69, 9.17) is 9.47 Å². The number of ether oxygens (including phenoxy) is 2. The molecule has 6 heteroatoms. The summed E-state index contributed by atoms with van der Waals surface area (Å²) in [6.45, 7) is 0. The van der Waals surface area contributed by atoms with Crippen LogP contribution in [0.5, 0.6) is 5.75 Å². The maximum absolute atomic E-state index is 13.9. The van der Waals surface area contributed by atoms with Crippen LogP contribution in [-0.4, -0.2) is 24.0 Å². The van der Waals surface area contributed by atoms with Gasteiger partial charge in [0.1, 0.15) is 11.6 Å². The van der Waals surface area contributed by atoms with E-state index in [9.17, 15) is 14.3 Å². The summed E-state index contributed by atoms with van der Waals surface area (Å²) in [4.78, 5) is 12.3. The first-order chi connectivity index (χ1) is 12.9. The molecule has 1 aliphatic rings. The molecule has 0 radical (unpaired) electrons. The third kappa shape index (κ3) is 2.99. The number of carbonyl (C=O) groups is 1. The summed E-state index contributed by atoms with van der Waals surface area (Å²) in [6.07, 6.45) is -0.0902. The summed E-state index contributed by atoms with van der Waals surface area (Å²) in [5, 5.41) is 12.6. The molecule has 1 heterocycles. The summed E-state index contributed by atoms with van der Waals surface area (Å²) >= 11 is 3.45. The van der Waals surface area contributed by atoms with Crippen molar-refractivity contribution < 1.29 is 23.8 Å². The first-order valence-electron chi connectivity index (χ1n) is 8.39. The monoisotopic (exact) mass is 430 g/mol. The molecular weight excluding hydrogens is 415 g/mol. The normalized spacial score (nSPS) is 21.4. The Hall–Kier alpha value is -2.44. The molecule has 4 rings (SSSR count). The molecule has 4 nitrogen and oxygen atoms in total. The van der Waals surface area contributed by atoms with Crippen molar-refractivity contribution in [3.8, 4) is 5.75 Å². The lowest BCUT2D eigenvalue weighted by Crippen LogP contribution is -2.49. The zero-order valence-electron chi connectivity index (χ0n) is 14.4. The largest absolute Gasteiger partial charge is 0.464 e. The Balaban J connectivity index is 1.98. The molecule has 0 unspecified atom stereocenters. The van der Waals surface area contributed by atoms with E-state index in [0.717, 1.165) is 16.3 Å². The summed E-state index contributed by atoms with van der Waals surface area (Å²) in [6, 6.07) is 15.7. The van der Waals surface area contributed by atoms with Gasteiger partial charge < -0.3 is 14.6 Å². The number of hydrogen-bond acceptors (Lipinski definition) is 4. The van der Waals surface area contributed by atoms with Crippen LogP contribution in [0.1, 0.15) is 23.5 Å². The van der Waals surface area contributed by atoms with E-state index in [-0.39, 0.29) is 6.42 Å². The first-order valence-corrected chi connectivity index (χ1v) is 9.18. The predicted molar refractivity (Wildman–Crippen MR) is 102 cm³/mol. The topological polar surface area (TPSA) is 55.8 Å². The fourth-order valence-corrected chi connectivity index (χ4v) is 4.11. The second kappa shape index (κ2) is 6.62. The summed E-state index contributed by atoms with van der Waals surface area (Å²) < 4.78 is 25.2. The lowest BCUT2D eigenvalue weighted by Gasteiger charge is -2.37. The minimum atomic E-state index is -2.16. The Labute approximate surface area is 163 Å². The van der Waals surface area contributed by atoms with Crippen LogP contribution in [0.15, 0.2) is 59.1 Å². The molecule has 3 aromatic rings. The van der Waals surface area contributed by atoms with Crippen LogP contribution in [0.4, 0.5) is 4.39 Å². The number of carbonyl (C=O) groups excluding carboxylic acids is 1. The van der Waals surface area contributed by atoms with Crippen LogP contribution >= 0.6 is 15.9 Å². The van der Waals surface area contributed by atoms with Crippen LogP contribution in [0.2, 0.25) is 0 Å². The Morgan fingerprint density at radius 1 is 1.22 bits per heavy atom. The van der Waals surface area contributed by atoms with Gasteiger partial charge >= 0.3 is 11.8 Å². The van der Waals surface area contributed by atoms with Gasteiger partial charge in [-0.15, -0.1) is 0 Å². The number of rotatable bonds is 2. The van der Waals surface area contributed by atoms with Gasteiger partial charge in [-0.05, 0) is 29.1 Å². The molecule has 3 aromatic carbocycles. The fourth-order valence-electron chi connectivity index (χ4n) is 3.59. The quantitative estimate of drug-likeness (QED) is 0.607. The maximum Gasteiger partial charge on any atom is 0.379 e. The molecule has 27 heavy (non-hydrogen) atoms. The molecule has 2 atom stereocenters. The zero-order valence-corrected chi connectivity index (χ0v) is 16.0. The summed E-state index contributed by atoms with van der Waals surface area (Å²) in [5.74, 6) is -3.52. The van der Waals surface area contributed by atoms with Gasteiger partial charge in [0.05, 0.1) is 7.11 Å². The van der Waals surface area contributed by atoms with Gasteiger partial charge in [-0.3, -0.25) is 0 Å². The summed E-state index contributed by atoms with van der Waals surface area (Å²) in [5.41, 5.74) is 1.39. The fraction of sp³-hybridized carbons (Fsp3) is 0.190. The van der Waals surface area contributed by atoms with E-state index in [2.05, 4.69) is 15.9 Å². The van der Waals surface area contributed by atoms with E-state index in [1.807, 2.05) is 36.4 Å². The molecule has 1 N–H and O–H groups in total. The van der Waals surface area contributed by atoms with E-state index >= 15 is 0 Å². The predicted octanol–water partition coefficient (Wildman–Crippen LogP) is 4.52. The van der Waals surface area contributed by atoms with E-state index in [1.165, 1.54) is 19.2 Å². The third-order valence-electron chi connectivity index (χ3n) is 4.87. The molecule has 1 aliphatic heterocycles. The first kappa shape index (κ1) is 17.9. The highest BCUT2D eigenvalue weighted by Crippen LogP contribution is 2.48. The zero-order chi connectivity index (χ0) is 19.2. The Bertz CT molecular complexity index is 1050. The van der Waals surface area contributed by atoms with E-state index in [1.54, 1.807) is 6.07 Å². The van der Waals surface area contributed by atoms with Crippen molar-refractivity contribution in [2.45, 2.75) is 18.1 Å². The molecule has 0 spiro atoms. The van der Waals surface area contributed by atoms with E-state index in [0.29, 0.717) is 15.8 Å². The van der Waals surface area contributed by atoms with Gasteiger partial charge in [0.2, 0.25) is 0 Å². The number of fused-ring (bicyclic) bond motifs is 3. The maximum atomic E-state index is 13.9. The molecule has 0 aliphatic carbocycles. The smallest absolute Gasteiger partial charge is 0.379 e. The van der Waals surface area contributed by atoms with Crippen molar-refractivity contribution in [1.82, 2.24) is 0 Å². The highest BCUT2D eigenvalue weighted by molar-refractivity contribution is 9.10. The van der Waals surface area contributed by atoms with Crippen molar-refractivity contribution in [1.29, 1.82) is 0 Å². The second-order valence-electron chi connectivity index (χ2n) is 6.51. The highest BCUT2D eigenvalue weighted by Gasteiger charge is 2.48. The molecule has 0 amide bonds. The van der Waals surface area contributed by atoms with Crippen molar-refractivity contribution in [3.63, 3.8) is 0 Å². The summed E-state index contributed by atoms with van der Waals surface area (Å²) in [7, 11) is 1.19. The lowest BCUT2D eigenvalue weighted by atomic mass is 9.81. The molecule has 0 saturated carbocycles. The Morgan fingerprint density at radius 2 is 2.00 bits per heavy atom. The second-order valence-corrected chi connectivity index (χ2v) is 7.36. The molecule has 138 valence electrons. The van der Waals surface area contributed by atoms with Gasteiger partial charge in [0, 0.05) is 27.8 Å². The van der Waals surface area contributed by atoms with Gasteiger partial charge in [-0.1, -0.05) is 52.3 Å². The van der Waals surface area contributed by atoms with Crippen LogP contribution in [-0.2, 0) is 9.53 Å². The number of aliphatic hydroxyl groups is 1. The van der Waals surface area contributed by atoms with Crippen LogP contribution < -0.4 is 4.74 Å². The molecular formula is C21H16BrFO4. The Morgan fingerprint density at radius 3 is 2.78 bits per heavy atom. The minimum absolute atomic E-state index is 0.0902. The van der Waals surface area contributed by atoms with Gasteiger partial charge in [0.25, 0.3) is 0 Å². The number of methoxy groups -OCH3 is 1. The number of halogens is 2.